The lowest BCUT2D eigenvalue weighted by atomic mass is 10.0. The molecule has 0 radical (unpaired) electrons. The Balaban J connectivity index is 1.68. The van der Waals surface area contributed by atoms with E-state index in [0.29, 0.717) is 11.1 Å². The van der Waals surface area contributed by atoms with Crippen LogP contribution in [0.2, 0.25) is 0 Å². The van der Waals surface area contributed by atoms with Gasteiger partial charge in [0.25, 0.3) is 0 Å². The summed E-state index contributed by atoms with van der Waals surface area (Å²) in [5.74, 6) is -2.75. The van der Waals surface area contributed by atoms with Crippen LogP contribution in [0.1, 0.15) is 121 Å². The first kappa shape index (κ1) is 36.5. The van der Waals surface area contributed by atoms with Crippen molar-refractivity contribution < 1.29 is 39.5 Å². The minimum atomic E-state index is -1.26. The number of rotatable bonds is 23. The maximum absolute atomic E-state index is 12.9. The molecule has 0 bridgehead atoms. The summed E-state index contributed by atoms with van der Waals surface area (Å²) in [5, 5.41) is 38.5. The Hall–Kier alpha value is -3.68. The zero-order valence-corrected chi connectivity index (χ0v) is 26.3. The predicted octanol–water partition coefficient (Wildman–Crippen LogP) is 8.48. The van der Waals surface area contributed by atoms with Crippen molar-refractivity contribution in [1.82, 2.24) is 0 Å². The molecule has 244 valence electrons. The van der Waals surface area contributed by atoms with Crippen LogP contribution in [-0.4, -0.2) is 45.1 Å². The highest BCUT2D eigenvalue weighted by molar-refractivity contribution is 5.89. The van der Waals surface area contributed by atoms with E-state index >= 15 is 0 Å². The summed E-state index contributed by atoms with van der Waals surface area (Å²) in [6, 6.07) is 8.19. The molecule has 2 aromatic rings. The van der Waals surface area contributed by atoms with E-state index in [-0.39, 0.29) is 36.0 Å². The first-order valence-electron chi connectivity index (χ1n) is 16.4. The van der Waals surface area contributed by atoms with Crippen molar-refractivity contribution in [3.8, 4) is 23.0 Å². The Morgan fingerprint density at radius 2 is 1.16 bits per heavy atom. The van der Waals surface area contributed by atoms with Gasteiger partial charge in [-0.2, -0.15) is 0 Å². The minimum absolute atomic E-state index is 0.0504. The molecule has 2 aromatic carbocycles. The number of ether oxygens (including phenoxy) is 2. The molecule has 0 aromatic heterocycles. The number of phenols is 4. The summed E-state index contributed by atoms with van der Waals surface area (Å²) in [6.45, 7) is 2.47. The highest BCUT2D eigenvalue weighted by atomic mass is 16.6. The van der Waals surface area contributed by atoms with Crippen LogP contribution in [0.25, 0.3) is 6.08 Å². The average Bonchev–Trinajstić information content (AvgIpc) is 3.00. The number of carbonyl (C=O) groups excluding carboxylic acids is 2. The van der Waals surface area contributed by atoms with Gasteiger partial charge in [-0.15, -0.1) is 0 Å². The molecular formula is C36H52O8. The first-order chi connectivity index (χ1) is 21.3. The smallest absolute Gasteiger partial charge is 0.347 e. The molecule has 2 rings (SSSR count). The van der Waals surface area contributed by atoms with E-state index in [1.165, 1.54) is 126 Å². The van der Waals surface area contributed by atoms with E-state index in [4.69, 9.17) is 9.47 Å². The lowest BCUT2D eigenvalue weighted by Gasteiger charge is -2.16. The van der Waals surface area contributed by atoms with Gasteiger partial charge in [0, 0.05) is 12.5 Å². The fourth-order valence-electron chi connectivity index (χ4n) is 4.99. The zero-order chi connectivity index (χ0) is 32.0. The molecule has 0 aliphatic rings. The highest BCUT2D eigenvalue weighted by Gasteiger charge is 2.25. The van der Waals surface area contributed by atoms with Gasteiger partial charge >= 0.3 is 11.9 Å². The van der Waals surface area contributed by atoms with Crippen molar-refractivity contribution in [3.05, 3.63) is 53.6 Å². The van der Waals surface area contributed by atoms with E-state index < -0.39 is 18.0 Å². The summed E-state index contributed by atoms with van der Waals surface area (Å²) >= 11 is 0. The van der Waals surface area contributed by atoms with Crippen LogP contribution in [0.15, 0.2) is 42.5 Å². The summed E-state index contributed by atoms with van der Waals surface area (Å²) in [4.78, 5) is 25.4. The molecule has 0 fully saturated rings. The van der Waals surface area contributed by atoms with Crippen molar-refractivity contribution in [2.75, 3.05) is 6.61 Å². The number of carbonyl (C=O) groups is 2. The molecule has 44 heavy (non-hydrogen) atoms. The number of hydrogen-bond acceptors (Lipinski definition) is 8. The molecule has 4 N–H and O–H groups in total. The Morgan fingerprint density at radius 3 is 1.68 bits per heavy atom. The number of hydrogen-bond donors (Lipinski definition) is 4. The van der Waals surface area contributed by atoms with E-state index in [1.54, 1.807) is 0 Å². The maximum atomic E-state index is 12.9. The number of benzene rings is 2. The molecule has 8 nitrogen and oxygen atoms in total. The summed E-state index contributed by atoms with van der Waals surface area (Å²) in [5.41, 5.74) is 0.924. The van der Waals surface area contributed by atoms with E-state index in [2.05, 4.69) is 6.92 Å². The molecule has 0 aliphatic carbocycles. The van der Waals surface area contributed by atoms with Crippen LogP contribution in [-0.2, 0) is 25.5 Å². The van der Waals surface area contributed by atoms with Crippen LogP contribution in [0, 0.1) is 0 Å². The second-order valence-corrected chi connectivity index (χ2v) is 11.5. The standard InChI is InChI=1S/C36H52O8/c1-2-3-4-5-6-7-8-9-10-11-12-13-14-15-16-17-24-43-36(42)34(27-29-19-22-31(38)33(40)26-29)44-35(41)23-20-28-18-21-30(37)32(39)25-28/h18-23,25-26,34,37-40H,2-17,24,27H2,1H3/b23-20+. The lowest BCUT2D eigenvalue weighted by molar-refractivity contribution is -0.165. The number of aromatic hydroxyl groups is 4. The molecule has 1 unspecified atom stereocenters. The minimum Gasteiger partial charge on any atom is -0.504 e. The van der Waals surface area contributed by atoms with Crippen molar-refractivity contribution in [1.29, 1.82) is 0 Å². The van der Waals surface area contributed by atoms with Gasteiger partial charge in [0.1, 0.15) is 0 Å². The van der Waals surface area contributed by atoms with Gasteiger partial charge in [-0.3, -0.25) is 0 Å². The van der Waals surface area contributed by atoms with Crippen LogP contribution >= 0.6 is 0 Å². The molecule has 0 saturated carbocycles. The van der Waals surface area contributed by atoms with Crippen LogP contribution in [0.4, 0.5) is 0 Å². The Labute approximate surface area is 262 Å². The van der Waals surface area contributed by atoms with Gasteiger partial charge in [-0.25, -0.2) is 9.59 Å². The third-order valence-corrected chi connectivity index (χ3v) is 7.64. The third kappa shape index (κ3) is 15.7. The molecule has 8 heteroatoms. The van der Waals surface area contributed by atoms with Gasteiger partial charge in [0.15, 0.2) is 23.0 Å². The molecule has 0 saturated heterocycles. The van der Waals surface area contributed by atoms with Gasteiger partial charge in [0.05, 0.1) is 6.61 Å². The van der Waals surface area contributed by atoms with Crippen molar-refractivity contribution in [3.63, 3.8) is 0 Å². The topological polar surface area (TPSA) is 134 Å². The van der Waals surface area contributed by atoms with Gasteiger partial charge in [-0.1, -0.05) is 115 Å². The summed E-state index contributed by atoms with van der Waals surface area (Å²) in [6.07, 6.45) is 21.2. The van der Waals surface area contributed by atoms with Crippen molar-refractivity contribution in [2.45, 2.75) is 122 Å². The quantitative estimate of drug-likeness (QED) is 0.0425. The fourth-order valence-corrected chi connectivity index (χ4v) is 4.99. The van der Waals surface area contributed by atoms with Gasteiger partial charge in [-0.05, 0) is 47.9 Å². The Morgan fingerprint density at radius 1 is 0.659 bits per heavy atom. The Kier molecular flexibility index (Phi) is 18.2. The first-order valence-corrected chi connectivity index (χ1v) is 16.4. The SMILES string of the molecule is CCCCCCCCCCCCCCCCCCOC(=O)C(Cc1ccc(O)c(O)c1)OC(=O)/C=C/c1ccc(O)c(O)c1. The van der Waals surface area contributed by atoms with Crippen molar-refractivity contribution >= 4 is 18.0 Å². The largest absolute Gasteiger partial charge is 0.504 e. The second kappa shape index (κ2) is 21.9. The fraction of sp³-hybridized carbons (Fsp3) is 0.556. The van der Waals surface area contributed by atoms with E-state index in [1.807, 2.05) is 0 Å². The number of phenolic OH excluding ortho intramolecular Hbond substituents is 4. The van der Waals surface area contributed by atoms with Gasteiger partial charge in [0.2, 0.25) is 6.10 Å². The monoisotopic (exact) mass is 612 g/mol. The second-order valence-electron chi connectivity index (χ2n) is 11.5. The molecule has 0 spiro atoms. The summed E-state index contributed by atoms with van der Waals surface area (Å²) < 4.78 is 10.8. The van der Waals surface area contributed by atoms with Crippen LogP contribution < -0.4 is 0 Å². The molecule has 0 aliphatic heterocycles. The van der Waals surface area contributed by atoms with Gasteiger partial charge < -0.3 is 29.9 Å². The highest BCUT2D eigenvalue weighted by Crippen LogP contribution is 2.27. The van der Waals surface area contributed by atoms with Crippen molar-refractivity contribution in [2.24, 2.45) is 0 Å². The zero-order valence-electron chi connectivity index (χ0n) is 26.3. The van der Waals surface area contributed by atoms with E-state index in [0.717, 1.165) is 25.3 Å². The molecule has 0 amide bonds. The van der Waals surface area contributed by atoms with E-state index in [9.17, 15) is 30.0 Å². The number of unbranched alkanes of at least 4 members (excludes halogenated alkanes) is 15. The normalized spacial score (nSPS) is 11.9. The third-order valence-electron chi connectivity index (χ3n) is 7.64. The molecular weight excluding hydrogens is 560 g/mol. The van der Waals surface area contributed by atoms with Crippen LogP contribution in [0.5, 0.6) is 23.0 Å². The number of esters is 2. The predicted molar refractivity (Wildman–Crippen MR) is 173 cm³/mol. The average molecular weight is 613 g/mol. The lowest BCUT2D eigenvalue weighted by Crippen LogP contribution is -2.31. The van der Waals surface area contributed by atoms with Crippen LogP contribution in [0.3, 0.4) is 0 Å². The maximum Gasteiger partial charge on any atom is 0.347 e. The summed E-state index contributed by atoms with van der Waals surface area (Å²) in [7, 11) is 0. The Bertz CT molecular complexity index is 1140. The molecule has 1 atom stereocenters. The molecule has 0 heterocycles.